The van der Waals surface area contributed by atoms with E-state index in [9.17, 15) is 0 Å². The van der Waals surface area contributed by atoms with Crippen LogP contribution in [-0.2, 0) is 0 Å². The minimum atomic E-state index is 0.414. The maximum Gasteiger partial charge on any atom is 0.227 e. The van der Waals surface area contributed by atoms with Crippen molar-refractivity contribution in [2.75, 3.05) is 44.3 Å². The molecule has 4 heterocycles. The molecule has 0 amide bonds. The van der Waals surface area contributed by atoms with Crippen molar-refractivity contribution in [3.63, 3.8) is 0 Å². The Kier molecular flexibility index (Phi) is 6.99. The number of hydrogen-bond acceptors (Lipinski definition) is 8. The molecule has 9 heteroatoms. The number of nitrogen functional groups attached to an aromatic ring is 1. The Morgan fingerprint density at radius 2 is 1.62 bits per heavy atom. The molecule has 216 valence electrons. The van der Waals surface area contributed by atoms with Gasteiger partial charge in [-0.1, -0.05) is 18.2 Å². The number of hydrogen-bond donors (Lipinski definition) is 2. The van der Waals surface area contributed by atoms with Crippen molar-refractivity contribution in [1.82, 2.24) is 34.3 Å². The van der Waals surface area contributed by atoms with Gasteiger partial charge in [-0.05, 0) is 81.5 Å². The van der Waals surface area contributed by atoms with E-state index in [-0.39, 0.29) is 0 Å². The summed E-state index contributed by atoms with van der Waals surface area (Å²) in [4.78, 5) is 23.5. The summed E-state index contributed by atoms with van der Waals surface area (Å²) >= 11 is 0. The van der Waals surface area contributed by atoms with Crippen LogP contribution >= 0.6 is 0 Å². The number of nitrogens with one attached hydrogen (secondary N) is 1. The molecule has 9 nitrogen and oxygen atoms in total. The molecule has 1 aliphatic carbocycles. The first-order chi connectivity index (χ1) is 20.4. The number of benzene rings is 2. The molecular weight excluding hydrogens is 522 g/mol. The minimum absolute atomic E-state index is 0.414. The normalized spacial score (nSPS) is 20.4. The van der Waals surface area contributed by atoms with Gasteiger partial charge in [0.25, 0.3) is 0 Å². The summed E-state index contributed by atoms with van der Waals surface area (Å²) < 4.78 is 2.36. The molecule has 3 aromatic heterocycles. The summed E-state index contributed by atoms with van der Waals surface area (Å²) in [6.45, 7) is 8.90. The Hall–Kier alpha value is -4.08. The molecule has 1 saturated carbocycles. The van der Waals surface area contributed by atoms with Gasteiger partial charge in [-0.15, -0.1) is 0 Å². The summed E-state index contributed by atoms with van der Waals surface area (Å²) in [5.74, 6) is 1.11. The van der Waals surface area contributed by atoms with E-state index in [1.807, 2.05) is 6.20 Å². The molecule has 0 spiro atoms. The van der Waals surface area contributed by atoms with Gasteiger partial charge < -0.3 is 20.5 Å². The average Bonchev–Trinajstić information content (AvgIpc) is 3.39. The van der Waals surface area contributed by atoms with Gasteiger partial charge in [-0.2, -0.15) is 0 Å². The van der Waals surface area contributed by atoms with E-state index >= 15 is 0 Å². The van der Waals surface area contributed by atoms with Crippen LogP contribution in [-0.4, -0.2) is 73.6 Å². The fourth-order valence-electron chi connectivity index (χ4n) is 6.90. The maximum absolute atomic E-state index is 6.46. The summed E-state index contributed by atoms with van der Waals surface area (Å²) in [5, 5.41) is 5.38. The van der Waals surface area contributed by atoms with Crippen molar-refractivity contribution >= 4 is 39.4 Å². The van der Waals surface area contributed by atoms with Crippen LogP contribution in [0.25, 0.3) is 33.1 Å². The molecule has 0 atom stereocenters. The maximum atomic E-state index is 6.46. The van der Waals surface area contributed by atoms with Crippen molar-refractivity contribution in [1.29, 1.82) is 0 Å². The fraction of sp³-hybridized carbons (Fsp3) is 0.394. The Labute approximate surface area is 246 Å². The van der Waals surface area contributed by atoms with Crippen molar-refractivity contribution in [3.8, 4) is 11.1 Å². The third kappa shape index (κ3) is 5.07. The lowest BCUT2D eigenvalue weighted by Gasteiger charge is -2.41. The SMILES string of the molecule is Cc1cc(C)c2cnc(Nc3ccc(-c4cn([C@H]5CC[C@H](N6CCN(C)CC6)CC5)c5ncnc(N)c45)cc3)nc2c1. The van der Waals surface area contributed by atoms with E-state index in [4.69, 9.17) is 15.7 Å². The molecule has 1 saturated heterocycles. The van der Waals surface area contributed by atoms with Crippen LogP contribution in [0.15, 0.2) is 55.1 Å². The number of likely N-dealkylation sites (N-methyl/N-ethyl adjacent to an activating group) is 1. The Balaban J connectivity index is 1.12. The topological polar surface area (TPSA) is 101 Å². The zero-order valence-electron chi connectivity index (χ0n) is 24.7. The molecule has 0 unspecified atom stereocenters. The van der Waals surface area contributed by atoms with Gasteiger partial charge >= 0.3 is 0 Å². The van der Waals surface area contributed by atoms with Crippen LogP contribution < -0.4 is 11.1 Å². The summed E-state index contributed by atoms with van der Waals surface area (Å²) in [5.41, 5.74) is 13.8. The molecule has 2 aliphatic rings. The average molecular weight is 562 g/mol. The highest BCUT2D eigenvalue weighted by Crippen LogP contribution is 2.39. The van der Waals surface area contributed by atoms with E-state index in [1.165, 1.54) is 50.1 Å². The highest BCUT2D eigenvalue weighted by atomic mass is 15.3. The Bertz CT molecular complexity index is 1730. The Morgan fingerprint density at radius 3 is 2.38 bits per heavy atom. The number of nitrogens with two attached hydrogens (primary N) is 1. The predicted octanol–water partition coefficient (Wildman–Crippen LogP) is 5.72. The van der Waals surface area contributed by atoms with Gasteiger partial charge in [0.15, 0.2) is 0 Å². The number of rotatable bonds is 5. The van der Waals surface area contributed by atoms with Gasteiger partial charge in [-0.25, -0.2) is 19.9 Å². The molecule has 1 aliphatic heterocycles. The molecule has 7 rings (SSSR count). The highest BCUT2D eigenvalue weighted by Gasteiger charge is 2.30. The van der Waals surface area contributed by atoms with Crippen molar-refractivity contribution in [2.45, 2.75) is 51.6 Å². The minimum Gasteiger partial charge on any atom is -0.383 e. The van der Waals surface area contributed by atoms with E-state index in [0.717, 1.165) is 51.6 Å². The lowest BCUT2D eigenvalue weighted by molar-refractivity contribution is 0.0828. The van der Waals surface area contributed by atoms with E-state index in [2.05, 4.69) is 93.1 Å². The second-order valence-corrected chi connectivity index (χ2v) is 12.1. The molecule has 2 fully saturated rings. The largest absolute Gasteiger partial charge is 0.383 e. The number of aryl methyl sites for hydroxylation is 2. The third-order valence-corrected chi connectivity index (χ3v) is 9.26. The number of anilines is 3. The lowest BCUT2D eigenvalue weighted by Crippen LogP contribution is -2.49. The predicted molar refractivity (Wildman–Crippen MR) is 170 cm³/mol. The summed E-state index contributed by atoms with van der Waals surface area (Å²) in [6.07, 6.45) is 10.5. The number of piperazine rings is 1. The first-order valence-corrected chi connectivity index (χ1v) is 15.1. The van der Waals surface area contributed by atoms with Crippen LogP contribution in [0.3, 0.4) is 0 Å². The zero-order valence-corrected chi connectivity index (χ0v) is 24.7. The smallest absolute Gasteiger partial charge is 0.227 e. The van der Waals surface area contributed by atoms with Gasteiger partial charge in [0.2, 0.25) is 5.95 Å². The van der Waals surface area contributed by atoms with E-state index in [0.29, 0.717) is 23.8 Å². The first kappa shape index (κ1) is 26.8. The molecular formula is C33H39N9. The van der Waals surface area contributed by atoms with Crippen molar-refractivity contribution < 1.29 is 0 Å². The van der Waals surface area contributed by atoms with Crippen LogP contribution in [0.4, 0.5) is 17.5 Å². The summed E-state index contributed by atoms with van der Waals surface area (Å²) in [7, 11) is 2.22. The molecule has 5 aromatic rings. The number of fused-ring (bicyclic) bond motifs is 2. The van der Waals surface area contributed by atoms with Crippen LogP contribution in [0.1, 0.15) is 42.9 Å². The molecule has 42 heavy (non-hydrogen) atoms. The van der Waals surface area contributed by atoms with Gasteiger partial charge in [0, 0.05) is 67.3 Å². The molecule has 3 N–H and O–H groups in total. The Morgan fingerprint density at radius 1 is 0.881 bits per heavy atom. The van der Waals surface area contributed by atoms with Crippen molar-refractivity contribution in [3.05, 3.63) is 66.2 Å². The van der Waals surface area contributed by atoms with Crippen molar-refractivity contribution in [2.24, 2.45) is 0 Å². The fourth-order valence-corrected chi connectivity index (χ4v) is 6.90. The quantitative estimate of drug-likeness (QED) is 0.281. The van der Waals surface area contributed by atoms with E-state index in [1.54, 1.807) is 6.33 Å². The molecule has 2 aromatic carbocycles. The molecule has 0 bridgehead atoms. The standard InChI is InChI=1S/C33H39N9/c1-21-16-22(2)27-18-35-33(39-29(27)17-21)38-24-6-4-23(5-7-24)28-19-42(32-30(28)31(34)36-20-37-32)26-10-8-25(9-11-26)41-14-12-40(3)13-15-41/h4-7,16-20,25-26H,8-15H2,1-3H3,(H2,34,36,37)(H,35,38,39)/t25-,26-. The van der Waals surface area contributed by atoms with Crippen LogP contribution in [0.2, 0.25) is 0 Å². The number of aromatic nitrogens is 5. The summed E-state index contributed by atoms with van der Waals surface area (Å²) in [6, 6.07) is 13.7. The lowest BCUT2D eigenvalue weighted by atomic mass is 9.89. The third-order valence-electron chi connectivity index (χ3n) is 9.26. The van der Waals surface area contributed by atoms with Gasteiger partial charge in [0.1, 0.15) is 17.8 Å². The van der Waals surface area contributed by atoms with Crippen LogP contribution in [0, 0.1) is 13.8 Å². The molecule has 0 radical (unpaired) electrons. The monoisotopic (exact) mass is 561 g/mol. The van der Waals surface area contributed by atoms with Crippen LogP contribution in [0.5, 0.6) is 0 Å². The second kappa shape index (κ2) is 11.0. The first-order valence-electron chi connectivity index (χ1n) is 15.1. The second-order valence-electron chi connectivity index (χ2n) is 12.1. The van der Waals surface area contributed by atoms with Gasteiger partial charge in [-0.3, -0.25) is 4.90 Å². The zero-order chi connectivity index (χ0) is 28.8. The highest BCUT2D eigenvalue weighted by molar-refractivity contribution is 6.00. The number of nitrogens with zero attached hydrogens (tertiary/aromatic N) is 7. The van der Waals surface area contributed by atoms with Gasteiger partial charge in [0.05, 0.1) is 10.9 Å². The van der Waals surface area contributed by atoms with E-state index < -0.39 is 0 Å².